The highest BCUT2D eigenvalue weighted by molar-refractivity contribution is 6.13. The number of pyridine rings is 1. The van der Waals surface area contributed by atoms with Crippen LogP contribution in [0.25, 0.3) is 22.3 Å². The molecule has 0 saturated heterocycles. The second kappa shape index (κ2) is 7.81. The quantitative estimate of drug-likeness (QED) is 0.507. The lowest BCUT2D eigenvalue weighted by Gasteiger charge is -2.18. The second-order valence-corrected chi connectivity index (χ2v) is 7.84. The van der Waals surface area contributed by atoms with Gasteiger partial charge in [0.15, 0.2) is 12.3 Å². The molecule has 0 saturated carbocycles. The molecule has 0 unspecified atom stereocenters. The van der Waals surface area contributed by atoms with E-state index < -0.39 is 0 Å². The summed E-state index contributed by atoms with van der Waals surface area (Å²) in [4.78, 5) is 29.7. The molecule has 0 bridgehead atoms. The van der Waals surface area contributed by atoms with Crippen molar-refractivity contribution in [2.75, 3.05) is 17.2 Å². The standard InChI is InChI=1S/C24H21N5O3/c1-14(2)29-23-18(12-25-29)17(11-19(28-23)15-6-4-3-5-7-15)24(31)26-16-8-9-21-20(10-16)27-22(30)13-32-21/h3-12,14H,13H2,1-2H3,(H,26,31)(H,27,30). The molecule has 8 heteroatoms. The fourth-order valence-corrected chi connectivity index (χ4v) is 3.70. The van der Waals surface area contributed by atoms with Crippen LogP contribution in [-0.2, 0) is 4.79 Å². The molecule has 5 rings (SSSR count). The minimum atomic E-state index is -0.291. The first-order valence-corrected chi connectivity index (χ1v) is 10.3. The molecule has 2 N–H and O–H groups in total. The lowest BCUT2D eigenvalue weighted by Crippen LogP contribution is -2.25. The summed E-state index contributed by atoms with van der Waals surface area (Å²) in [5.74, 6) is 0.0461. The molecule has 0 aliphatic carbocycles. The number of aromatic nitrogens is 3. The van der Waals surface area contributed by atoms with Gasteiger partial charge in [-0.1, -0.05) is 30.3 Å². The summed E-state index contributed by atoms with van der Waals surface area (Å²) in [7, 11) is 0. The van der Waals surface area contributed by atoms with Crippen LogP contribution in [-0.4, -0.2) is 33.2 Å². The number of fused-ring (bicyclic) bond motifs is 2. The van der Waals surface area contributed by atoms with Gasteiger partial charge in [0.05, 0.1) is 28.5 Å². The Kier molecular flexibility index (Phi) is 4.82. The molecule has 0 spiro atoms. The van der Waals surface area contributed by atoms with Crippen molar-refractivity contribution in [2.24, 2.45) is 0 Å². The van der Waals surface area contributed by atoms with Crippen LogP contribution < -0.4 is 15.4 Å². The molecule has 1 aliphatic rings. The zero-order chi connectivity index (χ0) is 22.2. The topological polar surface area (TPSA) is 98.1 Å². The molecule has 0 fully saturated rings. The van der Waals surface area contributed by atoms with E-state index in [1.54, 1.807) is 30.5 Å². The maximum absolute atomic E-state index is 13.3. The number of hydrogen-bond acceptors (Lipinski definition) is 5. The third kappa shape index (κ3) is 3.56. The van der Waals surface area contributed by atoms with Crippen molar-refractivity contribution in [3.63, 3.8) is 0 Å². The first-order chi connectivity index (χ1) is 15.5. The Labute approximate surface area is 184 Å². The van der Waals surface area contributed by atoms with Crippen molar-refractivity contribution in [1.82, 2.24) is 14.8 Å². The van der Waals surface area contributed by atoms with Crippen molar-refractivity contribution in [2.45, 2.75) is 19.9 Å². The molecule has 2 amide bonds. The van der Waals surface area contributed by atoms with Gasteiger partial charge in [-0.15, -0.1) is 0 Å². The van der Waals surface area contributed by atoms with Gasteiger partial charge < -0.3 is 15.4 Å². The highest BCUT2D eigenvalue weighted by Gasteiger charge is 2.20. The molecule has 0 radical (unpaired) electrons. The van der Waals surface area contributed by atoms with Gasteiger partial charge in [0, 0.05) is 17.3 Å². The van der Waals surface area contributed by atoms with Crippen LogP contribution >= 0.6 is 0 Å². The van der Waals surface area contributed by atoms with Gasteiger partial charge >= 0.3 is 0 Å². The normalized spacial score (nSPS) is 12.9. The number of anilines is 2. The van der Waals surface area contributed by atoms with Gasteiger partial charge in [0.1, 0.15) is 5.75 Å². The molecule has 32 heavy (non-hydrogen) atoms. The third-order valence-corrected chi connectivity index (χ3v) is 5.24. The van der Waals surface area contributed by atoms with Crippen LogP contribution in [0.15, 0.2) is 60.8 Å². The van der Waals surface area contributed by atoms with Crippen molar-refractivity contribution in [3.05, 3.63) is 66.4 Å². The summed E-state index contributed by atoms with van der Waals surface area (Å²) < 4.78 is 7.19. The Morgan fingerprint density at radius 2 is 1.97 bits per heavy atom. The van der Waals surface area contributed by atoms with E-state index in [-0.39, 0.29) is 24.5 Å². The summed E-state index contributed by atoms with van der Waals surface area (Å²) in [6, 6.07) is 16.7. The largest absolute Gasteiger partial charge is 0.482 e. The summed E-state index contributed by atoms with van der Waals surface area (Å²) >= 11 is 0. The van der Waals surface area contributed by atoms with Gasteiger partial charge in [-0.3, -0.25) is 9.59 Å². The average Bonchev–Trinajstić information content (AvgIpc) is 3.23. The van der Waals surface area contributed by atoms with Crippen LogP contribution in [0.3, 0.4) is 0 Å². The van der Waals surface area contributed by atoms with Crippen LogP contribution in [0, 0.1) is 0 Å². The van der Waals surface area contributed by atoms with Crippen molar-refractivity contribution < 1.29 is 14.3 Å². The van der Waals surface area contributed by atoms with Gasteiger partial charge in [0.25, 0.3) is 11.8 Å². The molecule has 2 aromatic heterocycles. The van der Waals surface area contributed by atoms with Crippen LogP contribution in [0.4, 0.5) is 11.4 Å². The third-order valence-electron chi connectivity index (χ3n) is 5.24. The SMILES string of the molecule is CC(C)n1ncc2c(C(=O)Nc3ccc4c(c3)NC(=O)CO4)cc(-c3ccccc3)nc21. The highest BCUT2D eigenvalue weighted by Crippen LogP contribution is 2.31. The number of nitrogens with one attached hydrogen (secondary N) is 2. The van der Waals surface area contributed by atoms with Crippen molar-refractivity contribution in [1.29, 1.82) is 0 Å². The van der Waals surface area contributed by atoms with Gasteiger partial charge in [0.2, 0.25) is 0 Å². The Morgan fingerprint density at radius 1 is 1.16 bits per heavy atom. The van der Waals surface area contributed by atoms with E-state index in [4.69, 9.17) is 9.72 Å². The average molecular weight is 427 g/mol. The lowest BCUT2D eigenvalue weighted by atomic mass is 10.1. The van der Waals surface area contributed by atoms with Crippen LogP contribution in [0.2, 0.25) is 0 Å². The smallest absolute Gasteiger partial charge is 0.262 e. The zero-order valence-corrected chi connectivity index (χ0v) is 17.6. The molecular formula is C24H21N5O3. The Hall–Kier alpha value is -4.20. The number of carbonyl (C=O) groups is 2. The van der Waals surface area contributed by atoms with E-state index in [2.05, 4.69) is 15.7 Å². The van der Waals surface area contributed by atoms with Crippen LogP contribution in [0.1, 0.15) is 30.2 Å². The summed E-state index contributed by atoms with van der Waals surface area (Å²) in [5, 5.41) is 10.8. The van der Waals surface area contributed by atoms with Gasteiger partial charge in [-0.2, -0.15) is 5.10 Å². The molecule has 8 nitrogen and oxygen atoms in total. The van der Waals surface area contributed by atoms with Gasteiger partial charge in [-0.25, -0.2) is 9.67 Å². The van der Waals surface area contributed by atoms with E-state index in [1.165, 1.54) is 0 Å². The van der Waals surface area contributed by atoms with E-state index in [1.807, 2.05) is 48.9 Å². The maximum Gasteiger partial charge on any atom is 0.262 e. The first kappa shape index (κ1) is 19.7. The number of hydrogen-bond donors (Lipinski definition) is 2. The fourth-order valence-electron chi connectivity index (χ4n) is 3.70. The molecule has 2 aromatic carbocycles. The van der Waals surface area contributed by atoms with E-state index in [0.29, 0.717) is 39.4 Å². The van der Waals surface area contributed by atoms with Crippen molar-refractivity contribution >= 4 is 34.2 Å². The molecule has 3 heterocycles. The Bertz CT molecular complexity index is 1340. The minimum absolute atomic E-state index is 0.0180. The molecule has 160 valence electrons. The number of nitrogens with zero attached hydrogens (tertiary/aromatic N) is 3. The zero-order valence-electron chi connectivity index (χ0n) is 17.6. The number of ether oxygens (including phenoxy) is 1. The minimum Gasteiger partial charge on any atom is -0.482 e. The van der Waals surface area contributed by atoms with Gasteiger partial charge in [-0.05, 0) is 38.1 Å². The van der Waals surface area contributed by atoms with E-state index in [9.17, 15) is 9.59 Å². The highest BCUT2D eigenvalue weighted by atomic mass is 16.5. The van der Waals surface area contributed by atoms with E-state index in [0.717, 1.165) is 5.56 Å². The molecular weight excluding hydrogens is 406 g/mol. The lowest BCUT2D eigenvalue weighted by molar-refractivity contribution is -0.118. The van der Waals surface area contributed by atoms with Crippen LogP contribution in [0.5, 0.6) is 5.75 Å². The summed E-state index contributed by atoms with van der Waals surface area (Å²) in [6.07, 6.45) is 1.67. The number of rotatable bonds is 4. The molecule has 0 atom stereocenters. The van der Waals surface area contributed by atoms with E-state index >= 15 is 0 Å². The maximum atomic E-state index is 13.3. The Morgan fingerprint density at radius 3 is 2.75 bits per heavy atom. The summed E-state index contributed by atoms with van der Waals surface area (Å²) in [6.45, 7) is 4.02. The Balaban J connectivity index is 1.56. The fraction of sp³-hybridized carbons (Fsp3) is 0.167. The second-order valence-electron chi connectivity index (χ2n) is 7.84. The predicted octanol–water partition coefficient (Wildman–Crippen LogP) is 4.26. The number of benzene rings is 2. The molecule has 4 aromatic rings. The predicted molar refractivity (Wildman–Crippen MR) is 122 cm³/mol. The van der Waals surface area contributed by atoms with Crippen molar-refractivity contribution in [3.8, 4) is 17.0 Å². The number of amides is 2. The first-order valence-electron chi connectivity index (χ1n) is 10.3. The monoisotopic (exact) mass is 427 g/mol. The summed E-state index contributed by atoms with van der Waals surface area (Å²) in [5.41, 5.74) is 3.79. The molecule has 1 aliphatic heterocycles. The number of carbonyl (C=O) groups excluding carboxylic acids is 2.